The van der Waals surface area contributed by atoms with E-state index >= 15 is 0 Å². The number of hydrogen-bond acceptors (Lipinski definition) is 7. The highest BCUT2D eigenvalue weighted by atomic mass is 16.5. The summed E-state index contributed by atoms with van der Waals surface area (Å²) < 4.78 is 19.0. The normalized spacial score (nSPS) is 11.2. The molecule has 0 N–H and O–H groups in total. The van der Waals surface area contributed by atoms with Gasteiger partial charge in [0.05, 0.1) is 49.9 Å². The number of aryl methyl sites for hydroxylation is 1. The number of fused-ring (bicyclic) bond motifs is 2. The minimum Gasteiger partial charge on any atom is -0.497 e. The Bertz CT molecular complexity index is 1670. The van der Waals surface area contributed by atoms with Crippen LogP contribution in [-0.4, -0.2) is 34.0 Å². The summed E-state index contributed by atoms with van der Waals surface area (Å²) in [6.07, 6.45) is 5.49. The Hall–Kier alpha value is -4.85. The van der Waals surface area contributed by atoms with Crippen LogP contribution in [0.4, 0.5) is 11.4 Å². The van der Waals surface area contributed by atoms with Gasteiger partial charge in [-0.3, -0.25) is 9.67 Å². The lowest BCUT2D eigenvalue weighted by molar-refractivity contribution is 0.394. The van der Waals surface area contributed by atoms with Crippen molar-refractivity contribution in [1.29, 1.82) is 0 Å². The number of hydrogen-bond donors (Lipinski definition) is 0. The number of para-hydroxylation sites is 1. The summed E-state index contributed by atoms with van der Waals surface area (Å²) in [5.74, 6) is 2.23. The first-order chi connectivity index (χ1) is 18.1. The van der Waals surface area contributed by atoms with Gasteiger partial charge < -0.3 is 18.8 Å². The number of rotatable bonds is 7. The highest BCUT2D eigenvalue weighted by Crippen LogP contribution is 2.36. The first kappa shape index (κ1) is 22.6. The van der Waals surface area contributed by atoms with Crippen LogP contribution < -0.4 is 14.4 Å². The fourth-order valence-electron chi connectivity index (χ4n) is 4.41. The second-order valence-corrected chi connectivity index (χ2v) is 8.74. The van der Waals surface area contributed by atoms with Gasteiger partial charge >= 0.3 is 0 Å². The fraction of sp³-hybridized carbons (Fsp3) is 0.138. The van der Waals surface area contributed by atoms with Gasteiger partial charge in [0.1, 0.15) is 22.8 Å². The Morgan fingerprint density at radius 1 is 0.865 bits per heavy atom. The van der Waals surface area contributed by atoms with Crippen LogP contribution in [0.1, 0.15) is 5.76 Å². The van der Waals surface area contributed by atoms with Gasteiger partial charge in [0.15, 0.2) is 0 Å². The lowest BCUT2D eigenvalue weighted by Gasteiger charge is -2.25. The van der Waals surface area contributed by atoms with E-state index in [1.165, 1.54) is 0 Å². The Morgan fingerprint density at radius 2 is 1.68 bits per heavy atom. The largest absolute Gasteiger partial charge is 0.497 e. The number of benzene rings is 3. The summed E-state index contributed by atoms with van der Waals surface area (Å²) in [5, 5.41) is 5.32. The molecule has 0 fully saturated rings. The summed E-state index contributed by atoms with van der Waals surface area (Å²) >= 11 is 0. The van der Waals surface area contributed by atoms with Crippen molar-refractivity contribution in [3.63, 3.8) is 0 Å². The van der Waals surface area contributed by atoms with Crippen LogP contribution in [0.5, 0.6) is 11.5 Å². The molecular weight excluding hydrogens is 466 g/mol. The van der Waals surface area contributed by atoms with Crippen molar-refractivity contribution in [2.45, 2.75) is 6.54 Å². The van der Waals surface area contributed by atoms with E-state index in [2.05, 4.69) is 21.0 Å². The smallest absolute Gasteiger partial charge is 0.134 e. The molecule has 8 heteroatoms. The van der Waals surface area contributed by atoms with Crippen LogP contribution in [0, 0.1) is 0 Å². The Morgan fingerprint density at radius 3 is 2.41 bits per heavy atom. The summed E-state index contributed by atoms with van der Waals surface area (Å²) in [6, 6.07) is 21.9. The molecule has 0 spiro atoms. The van der Waals surface area contributed by atoms with Crippen molar-refractivity contribution in [2.24, 2.45) is 7.05 Å². The van der Waals surface area contributed by atoms with E-state index in [-0.39, 0.29) is 0 Å². The molecule has 0 saturated carbocycles. The topological polar surface area (TPSA) is 78.4 Å². The van der Waals surface area contributed by atoms with Crippen molar-refractivity contribution in [2.75, 3.05) is 19.1 Å². The van der Waals surface area contributed by atoms with Crippen molar-refractivity contribution >= 4 is 33.4 Å². The Balaban J connectivity index is 1.47. The number of anilines is 2. The molecular formula is C29H25N5O3. The van der Waals surface area contributed by atoms with Gasteiger partial charge in [-0.15, -0.1) is 0 Å². The van der Waals surface area contributed by atoms with Crippen molar-refractivity contribution in [1.82, 2.24) is 19.7 Å². The summed E-state index contributed by atoms with van der Waals surface area (Å²) in [5.41, 5.74) is 5.95. The van der Waals surface area contributed by atoms with Gasteiger partial charge in [0.2, 0.25) is 0 Å². The standard InChI is InChI=1S/C29H25N5O3/c1-33-17-20(15-31-33)28-16-30-26-9-8-21(13-27(26)32-28)34(22-11-23(35-2)14-24(12-22)36-3)18-25-10-19-6-4-5-7-29(19)37-25/h4-17H,18H2,1-3H3. The Labute approximate surface area is 213 Å². The number of aromatic nitrogens is 4. The average molecular weight is 492 g/mol. The highest BCUT2D eigenvalue weighted by molar-refractivity contribution is 5.83. The molecule has 0 aliphatic rings. The van der Waals surface area contributed by atoms with Crippen molar-refractivity contribution < 1.29 is 13.9 Å². The molecule has 0 aliphatic carbocycles. The van der Waals surface area contributed by atoms with E-state index in [0.29, 0.717) is 18.0 Å². The molecule has 3 aromatic carbocycles. The molecule has 0 radical (unpaired) electrons. The maximum absolute atomic E-state index is 6.18. The SMILES string of the molecule is COc1cc(OC)cc(N(Cc2cc3ccccc3o2)c2ccc3ncc(-c4cnn(C)c4)nc3c2)c1. The van der Waals surface area contributed by atoms with Gasteiger partial charge in [-0.1, -0.05) is 18.2 Å². The van der Waals surface area contributed by atoms with Crippen LogP contribution in [0.2, 0.25) is 0 Å². The van der Waals surface area contributed by atoms with Crippen molar-refractivity contribution in [3.8, 4) is 22.8 Å². The molecule has 0 bridgehead atoms. The third-order valence-corrected chi connectivity index (χ3v) is 6.28. The van der Waals surface area contributed by atoms with Gasteiger partial charge in [0, 0.05) is 53.8 Å². The first-order valence-electron chi connectivity index (χ1n) is 11.8. The quantitative estimate of drug-likeness (QED) is 0.266. The van der Waals surface area contributed by atoms with Crippen LogP contribution in [0.3, 0.4) is 0 Å². The molecule has 0 aliphatic heterocycles. The van der Waals surface area contributed by atoms with E-state index in [1.54, 1.807) is 31.3 Å². The summed E-state index contributed by atoms with van der Waals surface area (Å²) in [4.78, 5) is 11.7. The molecule has 0 saturated heterocycles. The van der Waals surface area contributed by atoms with Crippen LogP contribution in [-0.2, 0) is 13.6 Å². The number of methoxy groups -OCH3 is 2. The van der Waals surface area contributed by atoms with Gasteiger partial charge in [-0.2, -0.15) is 5.10 Å². The lowest BCUT2D eigenvalue weighted by Crippen LogP contribution is -2.16. The zero-order chi connectivity index (χ0) is 25.4. The molecule has 6 rings (SSSR count). The van der Waals surface area contributed by atoms with Crippen molar-refractivity contribution in [3.05, 3.63) is 91.1 Å². The molecule has 3 heterocycles. The molecule has 6 aromatic rings. The third-order valence-electron chi connectivity index (χ3n) is 6.28. The van der Waals surface area contributed by atoms with E-state index in [9.17, 15) is 0 Å². The minimum absolute atomic E-state index is 0.492. The van der Waals surface area contributed by atoms with E-state index in [0.717, 1.165) is 50.4 Å². The Kier molecular flexibility index (Phi) is 5.69. The molecule has 8 nitrogen and oxygen atoms in total. The summed E-state index contributed by atoms with van der Waals surface area (Å²) in [6.45, 7) is 0.492. The van der Waals surface area contributed by atoms with E-state index in [1.807, 2.05) is 73.9 Å². The second-order valence-electron chi connectivity index (χ2n) is 8.74. The molecule has 0 unspecified atom stereocenters. The monoisotopic (exact) mass is 491 g/mol. The zero-order valence-electron chi connectivity index (χ0n) is 20.8. The van der Waals surface area contributed by atoms with Gasteiger partial charge in [0.25, 0.3) is 0 Å². The zero-order valence-corrected chi connectivity index (χ0v) is 20.8. The van der Waals surface area contributed by atoms with Gasteiger partial charge in [-0.25, -0.2) is 4.98 Å². The third kappa shape index (κ3) is 4.45. The molecule has 0 amide bonds. The second kappa shape index (κ2) is 9.31. The van der Waals surface area contributed by atoms with Gasteiger partial charge in [-0.05, 0) is 30.3 Å². The first-order valence-corrected chi connectivity index (χ1v) is 11.8. The number of furan rings is 1. The number of ether oxygens (including phenoxy) is 2. The maximum atomic E-state index is 6.18. The lowest BCUT2D eigenvalue weighted by atomic mass is 10.1. The van der Waals surface area contributed by atoms with E-state index < -0.39 is 0 Å². The maximum Gasteiger partial charge on any atom is 0.134 e. The predicted octanol–water partition coefficient (Wildman–Crippen LogP) is 6.13. The summed E-state index contributed by atoms with van der Waals surface area (Å²) in [7, 11) is 5.18. The predicted molar refractivity (Wildman–Crippen MR) is 143 cm³/mol. The molecule has 37 heavy (non-hydrogen) atoms. The van der Waals surface area contributed by atoms with E-state index in [4.69, 9.17) is 18.9 Å². The highest BCUT2D eigenvalue weighted by Gasteiger charge is 2.17. The average Bonchev–Trinajstić information content (AvgIpc) is 3.56. The molecule has 3 aromatic heterocycles. The fourth-order valence-corrected chi connectivity index (χ4v) is 4.41. The molecule has 184 valence electrons. The van der Waals surface area contributed by atoms with Crippen LogP contribution >= 0.6 is 0 Å². The van der Waals surface area contributed by atoms with Crippen LogP contribution in [0.15, 0.2) is 89.7 Å². The number of nitrogens with zero attached hydrogens (tertiary/aromatic N) is 5. The molecule has 0 atom stereocenters. The minimum atomic E-state index is 0.492. The van der Waals surface area contributed by atoms with Crippen LogP contribution in [0.25, 0.3) is 33.3 Å².